The Kier molecular flexibility index (Phi) is 8.40. The van der Waals surface area contributed by atoms with Gasteiger partial charge in [0, 0.05) is 13.2 Å². The molecule has 0 radical (unpaired) electrons. The van der Waals surface area contributed by atoms with Gasteiger partial charge in [0.15, 0.2) is 0 Å². The van der Waals surface area contributed by atoms with E-state index >= 15 is 0 Å². The topological polar surface area (TPSA) is 48.0 Å². The second-order valence-corrected chi connectivity index (χ2v) is 8.12. The Morgan fingerprint density at radius 2 is 1.89 bits per heavy atom. The largest absolute Gasteiger partial charge is 0.459 e. The molecule has 0 saturated carbocycles. The van der Waals surface area contributed by atoms with Crippen molar-refractivity contribution >= 4 is 5.97 Å². The zero-order valence-corrected chi connectivity index (χ0v) is 17.8. The van der Waals surface area contributed by atoms with Gasteiger partial charge in [0.2, 0.25) is 0 Å². The quantitative estimate of drug-likeness (QED) is 0.616. The lowest BCUT2D eigenvalue weighted by molar-refractivity contribution is -0.161. The third-order valence-corrected chi connectivity index (χ3v) is 4.85. The molecule has 0 spiro atoms. The van der Waals surface area contributed by atoms with Crippen molar-refractivity contribution in [2.45, 2.75) is 71.8 Å². The predicted molar refractivity (Wildman–Crippen MR) is 107 cm³/mol. The second kappa shape index (κ2) is 10.3. The van der Waals surface area contributed by atoms with E-state index in [0.717, 1.165) is 18.4 Å². The van der Waals surface area contributed by atoms with Crippen LogP contribution in [0.15, 0.2) is 18.2 Å². The van der Waals surface area contributed by atoms with Gasteiger partial charge in [-0.05, 0) is 70.0 Å². The standard InChI is InChI=1S/C22H34FNO4/c1-6-24(7-2)20(21(25)28-22(3,4)5)19-14-17(23)9-8-16(19)15-27-18-10-12-26-13-11-18/h8-9,14,18,20H,6-7,10-13,15H2,1-5H3. The third kappa shape index (κ3) is 6.54. The number of likely N-dealkylation sites (N-methyl/N-ethyl adjacent to an activating group) is 1. The maximum absolute atomic E-state index is 14.1. The van der Waals surface area contributed by atoms with Crippen LogP contribution in [0.5, 0.6) is 0 Å². The van der Waals surface area contributed by atoms with Gasteiger partial charge in [0.25, 0.3) is 0 Å². The summed E-state index contributed by atoms with van der Waals surface area (Å²) in [6.45, 7) is 12.5. The van der Waals surface area contributed by atoms with Crippen LogP contribution in [-0.4, -0.2) is 48.9 Å². The van der Waals surface area contributed by atoms with Crippen LogP contribution in [0.3, 0.4) is 0 Å². The van der Waals surface area contributed by atoms with Crippen LogP contribution in [0.4, 0.5) is 4.39 Å². The third-order valence-electron chi connectivity index (χ3n) is 4.85. The Bertz CT molecular complexity index is 634. The minimum Gasteiger partial charge on any atom is -0.459 e. The molecule has 158 valence electrons. The first kappa shape index (κ1) is 22.8. The summed E-state index contributed by atoms with van der Waals surface area (Å²) >= 11 is 0. The molecule has 1 aromatic carbocycles. The number of hydrogen-bond donors (Lipinski definition) is 0. The number of benzene rings is 1. The van der Waals surface area contributed by atoms with E-state index in [1.54, 1.807) is 6.07 Å². The molecule has 1 aliphatic heterocycles. The lowest BCUT2D eigenvalue weighted by atomic mass is 9.98. The Hall–Kier alpha value is -1.50. The first-order valence-electron chi connectivity index (χ1n) is 10.2. The molecule has 1 aliphatic rings. The van der Waals surface area contributed by atoms with E-state index in [4.69, 9.17) is 14.2 Å². The van der Waals surface area contributed by atoms with Crippen molar-refractivity contribution in [3.63, 3.8) is 0 Å². The summed E-state index contributed by atoms with van der Waals surface area (Å²) in [5, 5.41) is 0. The monoisotopic (exact) mass is 395 g/mol. The van der Waals surface area contributed by atoms with Gasteiger partial charge in [-0.2, -0.15) is 0 Å². The van der Waals surface area contributed by atoms with Crippen molar-refractivity contribution in [3.8, 4) is 0 Å². The van der Waals surface area contributed by atoms with Crippen LogP contribution in [0.1, 0.15) is 64.6 Å². The van der Waals surface area contributed by atoms with E-state index in [1.807, 2.05) is 39.5 Å². The second-order valence-electron chi connectivity index (χ2n) is 8.12. The number of carbonyl (C=O) groups excluding carboxylic acids is 1. The number of esters is 1. The molecule has 0 N–H and O–H groups in total. The maximum Gasteiger partial charge on any atom is 0.328 e. The lowest BCUT2D eigenvalue weighted by Gasteiger charge is -2.32. The highest BCUT2D eigenvalue weighted by atomic mass is 19.1. The average Bonchev–Trinajstić information content (AvgIpc) is 2.64. The van der Waals surface area contributed by atoms with E-state index in [0.29, 0.717) is 38.5 Å². The lowest BCUT2D eigenvalue weighted by Crippen LogP contribution is -2.39. The highest BCUT2D eigenvalue weighted by Crippen LogP contribution is 2.29. The van der Waals surface area contributed by atoms with Gasteiger partial charge < -0.3 is 14.2 Å². The molecule has 1 aromatic rings. The van der Waals surface area contributed by atoms with Crippen molar-refractivity contribution < 1.29 is 23.4 Å². The number of nitrogens with zero attached hydrogens (tertiary/aromatic N) is 1. The zero-order chi connectivity index (χ0) is 20.7. The Morgan fingerprint density at radius 1 is 1.25 bits per heavy atom. The number of halogens is 1. The molecule has 28 heavy (non-hydrogen) atoms. The van der Waals surface area contributed by atoms with Gasteiger partial charge in [0.05, 0.1) is 12.7 Å². The molecule has 0 amide bonds. The van der Waals surface area contributed by atoms with Crippen LogP contribution in [0, 0.1) is 5.82 Å². The molecular formula is C22H34FNO4. The Labute approximate surface area is 168 Å². The number of rotatable bonds is 8. The van der Waals surface area contributed by atoms with E-state index in [9.17, 15) is 9.18 Å². The molecule has 1 heterocycles. The molecule has 5 nitrogen and oxygen atoms in total. The van der Waals surface area contributed by atoms with Crippen LogP contribution in [-0.2, 0) is 25.6 Å². The van der Waals surface area contributed by atoms with E-state index < -0.39 is 11.6 Å². The van der Waals surface area contributed by atoms with E-state index in [2.05, 4.69) is 0 Å². The van der Waals surface area contributed by atoms with Gasteiger partial charge in [-0.15, -0.1) is 0 Å². The van der Waals surface area contributed by atoms with Crippen molar-refractivity contribution in [2.75, 3.05) is 26.3 Å². The van der Waals surface area contributed by atoms with E-state index in [1.165, 1.54) is 12.1 Å². The molecule has 6 heteroatoms. The fourth-order valence-electron chi connectivity index (χ4n) is 3.42. The number of ether oxygens (including phenoxy) is 3. The van der Waals surface area contributed by atoms with Crippen molar-refractivity contribution in [2.24, 2.45) is 0 Å². The van der Waals surface area contributed by atoms with Gasteiger partial charge >= 0.3 is 5.97 Å². The fourth-order valence-corrected chi connectivity index (χ4v) is 3.42. The molecular weight excluding hydrogens is 361 g/mol. The highest BCUT2D eigenvalue weighted by molar-refractivity contribution is 5.78. The molecule has 1 saturated heterocycles. The number of carbonyl (C=O) groups is 1. The van der Waals surface area contributed by atoms with Crippen molar-refractivity contribution in [1.29, 1.82) is 0 Å². The summed E-state index contributed by atoms with van der Waals surface area (Å²) in [6.07, 6.45) is 1.82. The van der Waals surface area contributed by atoms with Crippen molar-refractivity contribution in [3.05, 3.63) is 35.1 Å². The Balaban J connectivity index is 2.31. The summed E-state index contributed by atoms with van der Waals surface area (Å²) in [7, 11) is 0. The SMILES string of the molecule is CCN(CC)C(C(=O)OC(C)(C)C)c1cc(F)ccc1COC1CCOCC1. The maximum atomic E-state index is 14.1. The average molecular weight is 396 g/mol. The van der Waals surface area contributed by atoms with Crippen LogP contribution >= 0.6 is 0 Å². The normalized spacial score (nSPS) is 17.0. The molecule has 0 aromatic heterocycles. The molecule has 1 fully saturated rings. The molecule has 1 unspecified atom stereocenters. The van der Waals surface area contributed by atoms with Gasteiger partial charge in [-0.25, -0.2) is 9.18 Å². The number of hydrogen-bond acceptors (Lipinski definition) is 5. The summed E-state index contributed by atoms with van der Waals surface area (Å²) in [5.74, 6) is -0.736. The summed E-state index contributed by atoms with van der Waals surface area (Å²) in [6, 6.07) is 3.90. The fraction of sp³-hybridized carbons (Fsp3) is 0.682. The summed E-state index contributed by atoms with van der Waals surface area (Å²) in [5.41, 5.74) is 0.815. The van der Waals surface area contributed by atoms with Crippen LogP contribution < -0.4 is 0 Å². The van der Waals surface area contributed by atoms with Gasteiger partial charge in [-0.1, -0.05) is 19.9 Å². The first-order chi connectivity index (χ1) is 13.2. The predicted octanol–water partition coefficient (Wildman–Crippen LogP) is 4.25. The van der Waals surface area contributed by atoms with Gasteiger partial charge in [0.1, 0.15) is 17.5 Å². The van der Waals surface area contributed by atoms with Crippen LogP contribution in [0.25, 0.3) is 0 Å². The molecule has 0 aliphatic carbocycles. The highest BCUT2D eigenvalue weighted by Gasteiger charge is 2.32. The van der Waals surface area contributed by atoms with Crippen molar-refractivity contribution in [1.82, 2.24) is 4.90 Å². The minimum absolute atomic E-state index is 0.125. The van der Waals surface area contributed by atoms with Gasteiger partial charge in [-0.3, -0.25) is 4.90 Å². The molecule has 1 atom stereocenters. The molecule has 2 rings (SSSR count). The van der Waals surface area contributed by atoms with Crippen LogP contribution in [0.2, 0.25) is 0 Å². The van der Waals surface area contributed by atoms with E-state index in [-0.39, 0.29) is 17.9 Å². The summed E-state index contributed by atoms with van der Waals surface area (Å²) < 4.78 is 31.2. The smallest absolute Gasteiger partial charge is 0.328 e. The Morgan fingerprint density at radius 3 is 2.46 bits per heavy atom. The minimum atomic E-state index is -0.668. The zero-order valence-electron chi connectivity index (χ0n) is 17.8. The molecule has 0 bridgehead atoms. The summed E-state index contributed by atoms with van der Waals surface area (Å²) in [4.78, 5) is 15.0. The first-order valence-corrected chi connectivity index (χ1v) is 10.2.